The molecular formula is C16H28N4O. The zero-order valence-electron chi connectivity index (χ0n) is 12.9. The third-order valence-electron chi connectivity index (χ3n) is 4.95. The van der Waals surface area contributed by atoms with Crippen molar-refractivity contribution in [1.82, 2.24) is 14.7 Å². The molecule has 118 valence electrons. The first-order valence-corrected chi connectivity index (χ1v) is 8.49. The third kappa shape index (κ3) is 3.98. The van der Waals surface area contributed by atoms with Crippen LogP contribution in [0.2, 0.25) is 0 Å². The number of aromatic nitrogens is 2. The van der Waals surface area contributed by atoms with E-state index in [2.05, 4.69) is 15.3 Å². The second-order valence-corrected chi connectivity index (χ2v) is 6.46. The van der Waals surface area contributed by atoms with Gasteiger partial charge in [0.2, 0.25) is 0 Å². The maximum absolute atomic E-state index is 8.92. The number of anilines is 1. The topological polar surface area (TPSA) is 53.3 Å². The predicted octanol–water partition coefficient (Wildman–Crippen LogP) is 2.08. The van der Waals surface area contributed by atoms with Crippen molar-refractivity contribution < 1.29 is 5.11 Å². The zero-order valence-corrected chi connectivity index (χ0v) is 12.9. The first-order valence-electron chi connectivity index (χ1n) is 8.49. The summed E-state index contributed by atoms with van der Waals surface area (Å²) in [5.41, 5.74) is 1.08. The van der Waals surface area contributed by atoms with Crippen LogP contribution in [0.5, 0.6) is 0 Å². The Kier molecular flexibility index (Phi) is 5.14. The summed E-state index contributed by atoms with van der Waals surface area (Å²) in [5.74, 6) is 0. The molecule has 0 spiro atoms. The minimum atomic E-state index is 0.140. The molecule has 1 saturated carbocycles. The molecule has 5 nitrogen and oxygen atoms in total. The minimum Gasteiger partial charge on any atom is -0.394 e. The van der Waals surface area contributed by atoms with Gasteiger partial charge in [0.25, 0.3) is 0 Å². The lowest BCUT2D eigenvalue weighted by Crippen LogP contribution is -2.45. The standard InChI is InChI=1S/C16H28N4O/c21-11-10-20-13-15(12-17-20)18-14-6-8-19(9-7-14)16-4-2-1-3-5-16/h12-14,16,18,21H,1-11H2. The Morgan fingerprint density at radius 3 is 2.62 bits per heavy atom. The van der Waals surface area contributed by atoms with Crippen LogP contribution in [0.25, 0.3) is 0 Å². The second-order valence-electron chi connectivity index (χ2n) is 6.46. The molecule has 0 bridgehead atoms. The lowest BCUT2D eigenvalue weighted by Gasteiger charge is -2.39. The van der Waals surface area contributed by atoms with Crippen molar-refractivity contribution in [3.8, 4) is 0 Å². The van der Waals surface area contributed by atoms with Crippen LogP contribution in [0.3, 0.4) is 0 Å². The average molecular weight is 292 g/mol. The molecule has 1 aromatic rings. The molecule has 1 aliphatic carbocycles. The molecule has 1 aromatic heterocycles. The molecule has 5 heteroatoms. The fourth-order valence-electron chi connectivity index (χ4n) is 3.75. The van der Waals surface area contributed by atoms with Gasteiger partial charge in [0.1, 0.15) is 0 Å². The van der Waals surface area contributed by atoms with E-state index in [9.17, 15) is 0 Å². The maximum Gasteiger partial charge on any atom is 0.0728 e. The normalized spacial score (nSPS) is 22.5. The van der Waals surface area contributed by atoms with E-state index < -0.39 is 0 Å². The highest BCUT2D eigenvalue weighted by atomic mass is 16.3. The quantitative estimate of drug-likeness (QED) is 0.872. The number of rotatable bonds is 5. The van der Waals surface area contributed by atoms with Crippen molar-refractivity contribution in [2.24, 2.45) is 0 Å². The van der Waals surface area contributed by atoms with Gasteiger partial charge in [-0.1, -0.05) is 19.3 Å². The van der Waals surface area contributed by atoms with Crippen LogP contribution in [0.4, 0.5) is 5.69 Å². The van der Waals surface area contributed by atoms with Crippen molar-refractivity contribution >= 4 is 5.69 Å². The Labute approximate surface area is 127 Å². The Morgan fingerprint density at radius 1 is 1.14 bits per heavy atom. The fourth-order valence-corrected chi connectivity index (χ4v) is 3.75. The van der Waals surface area contributed by atoms with Crippen LogP contribution in [0.15, 0.2) is 12.4 Å². The molecule has 1 saturated heterocycles. The van der Waals surface area contributed by atoms with E-state index in [1.807, 2.05) is 12.4 Å². The molecule has 0 unspecified atom stereocenters. The molecule has 0 aromatic carbocycles. The summed E-state index contributed by atoms with van der Waals surface area (Å²) in [7, 11) is 0. The van der Waals surface area contributed by atoms with E-state index in [1.54, 1.807) is 4.68 Å². The molecule has 2 aliphatic rings. The van der Waals surface area contributed by atoms with Crippen LogP contribution in [-0.2, 0) is 6.54 Å². The molecule has 0 atom stereocenters. The highest BCUT2D eigenvalue weighted by Crippen LogP contribution is 2.26. The van der Waals surface area contributed by atoms with Gasteiger partial charge < -0.3 is 15.3 Å². The summed E-state index contributed by atoms with van der Waals surface area (Å²) in [6, 6.07) is 1.42. The monoisotopic (exact) mass is 292 g/mol. The van der Waals surface area contributed by atoms with Crippen molar-refractivity contribution in [2.45, 2.75) is 63.6 Å². The van der Waals surface area contributed by atoms with Gasteiger partial charge >= 0.3 is 0 Å². The van der Waals surface area contributed by atoms with Crippen molar-refractivity contribution in [3.63, 3.8) is 0 Å². The Balaban J connectivity index is 1.44. The smallest absolute Gasteiger partial charge is 0.0728 e. The number of hydrogen-bond donors (Lipinski definition) is 2. The van der Waals surface area contributed by atoms with Gasteiger partial charge in [-0.2, -0.15) is 5.10 Å². The predicted molar refractivity (Wildman–Crippen MR) is 84.4 cm³/mol. The maximum atomic E-state index is 8.92. The first-order chi connectivity index (χ1) is 10.3. The van der Waals surface area contributed by atoms with Gasteiger partial charge in [0, 0.05) is 31.4 Å². The van der Waals surface area contributed by atoms with Crippen molar-refractivity contribution in [1.29, 1.82) is 0 Å². The fraction of sp³-hybridized carbons (Fsp3) is 0.812. The molecule has 2 N–H and O–H groups in total. The molecule has 2 fully saturated rings. The summed E-state index contributed by atoms with van der Waals surface area (Å²) >= 11 is 0. The largest absolute Gasteiger partial charge is 0.394 e. The van der Waals surface area contributed by atoms with Gasteiger partial charge in [-0.25, -0.2) is 0 Å². The number of likely N-dealkylation sites (tertiary alicyclic amines) is 1. The number of piperidine rings is 1. The molecule has 0 amide bonds. The SMILES string of the molecule is OCCn1cc(NC2CCN(C3CCCCC3)CC2)cn1. The number of aliphatic hydroxyl groups excluding tert-OH is 1. The van der Waals surface area contributed by atoms with Gasteiger partial charge in [-0.15, -0.1) is 0 Å². The average Bonchev–Trinajstić information content (AvgIpc) is 2.97. The lowest BCUT2D eigenvalue weighted by molar-refractivity contribution is 0.126. The highest BCUT2D eigenvalue weighted by Gasteiger charge is 2.26. The molecule has 0 radical (unpaired) electrons. The highest BCUT2D eigenvalue weighted by molar-refractivity contribution is 5.39. The van der Waals surface area contributed by atoms with E-state index >= 15 is 0 Å². The summed E-state index contributed by atoms with van der Waals surface area (Å²) in [6.07, 6.45) is 13.4. The molecule has 3 rings (SSSR count). The molecule has 21 heavy (non-hydrogen) atoms. The van der Waals surface area contributed by atoms with E-state index in [0.29, 0.717) is 12.6 Å². The minimum absolute atomic E-state index is 0.140. The second kappa shape index (κ2) is 7.27. The zero-order chi connectivity index (χ0) is 14.5. The van der Waals surface area contributed by atoms with E-state index in [1.165, 1.54) is 58.0 Å². The summed E-state index contributed by atoms with van der Waals surface area (Å²) in [4.78, 5) is 2.71. The van der Waals surface area contributed by atoms with Crippen LogP contribution >= 0.6 is 0 Å². The molecular weight excluding hydrogens is 264 g/mol. The number of nitrogens with one attached hydrogen (secondary N) is 1. The Hall–Kier alpha value is -1.07. The van der Waals surface area contributed by atoms with Crippen LogP contribution < -0.4 is 5.32 Å². The Bertz CT molecular complexity index is 420. The first kappa shape index (κ1) is 14.9. The van der Waals surface area contributed by atoms with E-state index in [0.717, 1.165) is 11.7 Å². The van der Waals surface area contributed by atoms with E-state index in [-0.39, 0.29) is 6.61 Å². The number of aliphatic hydroxyl groups is 1. The lowest BCUT2D eigenvalue weighted by atomic mass is 9.92. The Morgan fingerprint density at radius 2 is 1.90 bits per heavy atom. The summed E-state index contributed by atoms with van der Waals surface area (Å²) in [5, 5.41) is 16.8. The summed E-state index contributed by atoms with van der Waals surface area (Å²) in [6.45, 7) is 3.17. The number of nitrogens with zero attached hydrogens (tertiary/aromatic N) is 3. The van der Waals surface area contributed by atoms with Crippen LogP contribution in [0.1, 0.15) is 44.9 Å². The van der Waals surface area contributed by atoms with E-state index in [4.69, 9.17) is 5.11 Å². The van der Waals surface area contributed by atoms with Crippen LogP contribution in [-0.4, -0.2) is 51.6 Å². The van der Waals surface area contributed by atoms with Crippen molar-refractivity contribution in [3.05, 3.63) is 12.4 Å². The van der Waals surface area contributed by atoms with Crippen LogP contribution in [0, 0.1) is 0 Å². The number of hydrogen-bond acceptors (Lipinski definition) is 4. The molecule has 2 heterocycles. The van der Waals surface area contributed by atoms with Crippen molar-refractivity contribution in [2.75, 3.05) is 25.0 Å². The van der Waals surface area contributed by atoms with Gasteiger partial charge in [-0.05, 0) is 25.7 Å². The third-order valence-corrected chi connectivity index (χ3v) is 4.95. The van der Waals surface area contributed by atoms with Gasteiger partial charge in [0.05, 0.1) is 25.0 Å². The summed E-state index contributed by atoms with van der Waals surface area (Å²) < 4.78 is 1.79. The van der Waals surface area contributed by atoms with Gasteiger partial charge in [0.15, 0.2) is 0 Å². The molecule has 1 aliphatic heterocycles. The van der Waals surface area contributed by atoms with Gasteiger partial charge in [-0.3, -0.25) is 4.68 Å².